The molecule has 1 aliphatic rings. The summed E-state index contributed by atoms with van der Waals surface area (Å²) in [6.07, 6.45) is 2.34. The Labute approximate surface area is 186 Å². The monoisotopic (exact) mass is 456 g/mol. The molecule has 0 radical (unpaired) electrons. The zero-order valence-electron chi connectivity index (χ0n) is 17.7. The van der Waals surface area contributed by atoms with Crippen LogP contribution in [0.5, 0.6) is 0 Å². The van der Waals surface area contributed by atoms with E-state index in [0.29, 0.717) is 18.4 Å². The van der Waals surface area contributed by atoms with E-state index in [9.17, 15) is 18.0 Å². The molecular weight excluding hydrogens is 432 g/mol. The Bertz CT molecular complexity index is 1290. The van der Waals surface area contributed by atoms with Crippen LogP contribution < -0.4 is 0 Å². The SMILES string of the molecule is CC1(C)CC(=O)c2c(S(C)(=O)=O)sc(C(=O)OCCc3cccc4ccccc34)c2C1. The summed E-state index contributed by atoms with van der Waals surface area (Å²) >= 11 is 0.860. The van der Waals surface area contributed by atoms with E-state index >= 15 is 0 Å². The van der Waals surface area contributed by atoms with Crippen LogP contribution in [0.4, 0.5) is 0 Å². The minimum atomic E-state index is -3.63. The van der Waals surface area contributed by atoms with Crippen molar-refractivity contribution < 1.29 is 22.7 Å². The largest absolute Gasteiger partial charge is 0.461 e. The van der Waals surface area contributed by atoms with Crippen molar-refractivity contribution in [3.05, 3.63) is 64.0 Å². The molecule has 0 aliphatic heterocycles. The Morgan fingerprint density at radius 3 is 2.55 bits per heavy atom. The Morgan fingerprint density at radius 2 is 1.81 bits per heavy atom. The first-order chi connectivity index (χ1) is 14.6. The van der Waals surface area contributed by atoms with Gasteiger partial charge in [0.05, 0.1) is 12.2 Å². The number of ether oxygens (including phenoxy) is 1. The molecule has 0 spiro atoms. The van der Waals surface area contributed by atoms with Crippen LogP contribution >= 0.6 is 11.3 Å². The number of thiophene rings is 1. The van der Waals surface area contributed by atoms with Gasteiger partial charge in [0.2, 0.25) is 0 Å². The number of hydrogen-bond donors (Lipinski definition) is 0. The second-order valence-corrected chi connectivity index (χ2v) is 12.0. The lowest BCUT2D eigenvalue weighted by Crippen LogP contribution is -2.28. The average Bonchev–Trinajstić information content (AvgIpc) is 3.07. The molecule has 0 saturated heterocycles. The van der Waals surface area contributed by atoms with E-state index in [1.165, 1.54) is 0 Å². The third-order valence-corrected chi connectivity index (χ3v) is 8.60. The lowest BCUT2D eigenvalue weighted by atomic mass is 9.74. The highest BCUT2D eigenvalue weighted by Crippen LogP contribution is 2.43. The van der Waals surface area contributed by atoms with Gasteiger partial charge >= 0.3 is 5.97 Å². The number of carbonyl (C=O) groups excluding carboxylic acids is 2. The summed E-state index contributed by atoms with van der Waals surface area (Å²) in [5.74, 6) is -0.792. The minimum Gasteiger partial charge on any atom is -0.461 e. The van der Waals surface area contributed by atoms with Crippen molar-refractivity contribution in [2.75, 3.05) is 12.9 Å². The minimum absolute atomic E-state index is 0.0241. The van der Waals surface area contributed by atoms with E-state index < -0.39 is 15.8 Å². The van der Waals surface area contributed by atoms with Crippen LogP contribution in [0.2, 0.25) is 0 Å². The number of fused-ring (bicyclic) bond motifs is 2. The van der Waals surface area contributed by atoms with Crippen LogP contribution in [0.1, 0.15) is 51.4 Å². The van der Waals surface area contributed by atoms with Gasteiger partial charge in [0, 0.05) is 19.1 Å². The van der Waals surface area contributed by atoms with Gasteiger partial charge in [-0.25, -0.2) is 13.2 Å². The van der Waals surface area contributed by atoms with E-state index in [4.69, 9.17) is 4.74 Å². The molecule has 0 N–H and O–H groups in total. The molecule has 0 unspecified atom stereocenters. The van der Waals surface area contributed by atoms with E-state index in [1.807, 2.05) is 56.3 Å². The molecule has 0 amide bonds. The van der Waals surface area contributed by atoms with E-state index in [2.05, 4.69) is 0 Å². The van der Waals surface area contributed by atoms with Gasteiger partial charge in [-0.2, -0.15) is 0 Å². The standard InChI is InChI=1S/C24H24O5S2/c1-24(2)13-18-20(19(25)14-24)23(31(3,27)28)30-21(18)22(26)29-12-11-16-9-6-8-15-7-4-5-10-17(15)16/h4-10H,11-14H2,1-3H3. The molecule has 1 heterocycles. The number of benzene rings is 2. The zero-order chi connectivity index (χ0) is 22.4. The molecule has 5 nitrogen and oxygen atoms in total. The van der Waals surface area contributed by atoms with Crippen LogP contribution in [0.15, 0.2) is 46.7 Å². The first-order valence-corrected chi connectivity index (χ1v) is 12.8. The highest BCUT2D eigenvalue weighted by Gasteiger charge is 2.39. The molecule has 0 fully saturated rings. The smallest absolute Gasteiger partial charge is 0.348 e. The van der Waals surface area contributed by atoms with Crippen molar-refractivity contribution in [2.45, 2.75) is 37.3 Å². The predicted molar refractivity (Wildman–Crippen MR) is 122 cm³/mol. The van der Waals surface area contributed by atoms with Gasteiger partial charge in [-0.1, -0.05) is 56.3 Å². The van der Waals surface area contributed by atoms with Crippen LogP contribution in [0.3, 0.4) is 0 Å². The van der Waals surface area contributed by atoms with E-state index in [0.717, 1.165) is 33.9 Å². The number of carbonyl (C=O) groups is 2. The van der Waals surface area contributed by atoms with Gasteiger partial charge in [0.25, 0.3) is 0 Å². The van der Waals surface area contributed by atoms with E-state index in [-0.39, 0.29) is 38.9 Å². The molecule has 0 saturated carbocycles. The summed E-state index contributed by atoms with van der Waals surface area (Å²) < 4.78 is 30.1. The number of ketones is 1. The molecule has 0 bridgehead atoms. The fraction of sp³-hybridized carbons (Fsp3) is 0.333. The molecule has 0 atom stereocenters. The second-order valence-electron chi connectivity index (χ2n) is 8.81. The van der Waals surface area contributed by atoms with Crippen molar-refractivity contribution in [2.24, 2.45) is 5.41 Å². The van der Waals surface area contributed by atoms with Gasteiger partial charge in [-0.15, -0.1) is 11.3 Å². The van der Waals surface area contributed by atoms with Crippen molar-refractivity contribution in [1.29, 1.82) is 0 Å². The number of hydrogen-bond acceptors (Lipinski definition) is 6. The van der Waals surface area contributed by atoms with Gasteiger partial charge in [0.15, 0.2) is 15.6 Å². The fourth-order valence-corrected chi connectivity index (χ4v) is 6.64. The van der Waals surface area contributed by atoms with Gasteiger partial charge < -0.3 is 4.74 Å². The lowest BCUT2D eigenvalue weighted by Gasteiger charge is -2.29. The quantitative estimate of drug-likeness (QED) is 0.513. The van der Waals surface area contributed by atoms with Gasteiger partial charge in [-0.05, 0) is 33.7 Å². The zero-order valence-corrected chi connectivity index (χ0v) is 19.4. The topological polar surface area (TPSA) is 77.5 Å². The van der Waals surface area contributed by atoms with Crippen molar-refractivity contribution >= 4 is 43.7 Å². The highest BCUT2D eigenvalue weighted by molar-refractivity contribution is 7.92. The summed E-state index contributed by atoms with van der Waals surface area (Å²) in [4.78, 5) is 25.9. The van der Waals surface area contributed by atoms with E-state index in [1.54, 1.807) is 0 Å². The average molecular weight is 457 g/mol. The molecule has 3 aromatic rings. The number of sulfone groups is 1. The summed E-state index contributed by atoms with van der Waals surface area (Å²) in [7, 11) is -3.63. The summed E-state index contributed by atoms with van der Waals surface area (Å²) in [6.45, 7) is 4.06. The lowest BCUT2D eigenvalue weighted by molar-refractivity contribution is 0.0513. The van der Waals surface area contributed by atoms with Crippen LogP contribution in [0, 0.1) is 5.41 Å². The van der Waals surface area contributed by atoms with Gasteiger partial charge in [0.1, 0.15) is 9.09 Å². The molecule has 1 aliphatic carbocycles. The molecule has 4 rings (SSSR count). The number of Topliss-reactive ketones (excluding diaryl/α,β-unsaturated/α-hetero) is 1. The first kappa shape index (κ1) is 21.7. The molecule has 7 heteroatoms. The summed E-state index contributed by atoms with van der Waals surface area (Å²) in [5, 5.41) is 2.23. The number of rotatable bonds is 5. The highest BCUT2D eigenvalue weighted by atomic mass is 32.2. The van der Waals surface area contributed by atoms with Gasteiger partial charge in [-0.3, -0.25) is 4.79 Å². The Balaban J connectivity index is 1.60. The third-order valence-electron chi connectivity index (χ3n) is 5.55. The Hall–Kier alpha value is -2.51. The summed E-state index contributed by atoms with van der Waals surface area (Å²) in [5.41, 5.74) is 1.44. The maximum absolute atomic E-state index is 12.9. The van der Waals surface area contributed by atoms with Crippen molar-refractivity contribution in [3.8, 4) is 0 Å². The molecule has 2 aromatic carbocycles. The molecule has 31 heavy (non-hydrogen) atoms. The normalized spacial score (nSPS) is 15.6. The van der Waals surface area contributed by atoms with Crippen molar-refractivity contribution in [1.82, 2.24) is 0 Å². The third kappa shape index (κ3) is 4.29. The second kappa shape index (κ2) is 7.88. The van der Waals surface area contributed by atoms with Crippen LogP contribution in [-0.4, -0.2) is 33.0 Å². The predicted octanol–water partition coefficient (Wildman–Crippen LogP) is 4.86. The van der Waals surface area contributed by atoms with Crippen LogP contribution in [-0.2, 0) is 27.4 Å². The van der Waals surface area contributed by atoms with Crippen LogP contribution in [0.25, 0.3) is 10.8 Å². The summed E-state index contributed by atoms with van der Waals surface area (Å²) in [6, 6.07) is 14.0. The maximum Gasteiger partial charge on any atom is 0.348 e. The Morgan fingerprint density at radius 1 is 1.10 bits per heavy atom. The first-order valence-electron chi connectivity index (χ1n) is 10.1. The Kier molecular flexibility index (Phi) is 5.52. The number of esters is 1. The van der Waals surface area contributed by atoms with Crippen molar-refractivity contribution in [3.63, 3.8) is 0 Å². The molecular formula is C24H24O5S2. The molecule has 1 aromatic heterocycles. The maximum atomic E-state index is 12.9. The fourth-order valence-electron chi connectivity index (χ4n) is 4.21. The molecule has 162 valence electrons.